The molecular formula is C14H14FN3O3. The van der Waals surface area contributed by atoms with Crippen molar-refractivity contribution >= 4 is 17.7 Å². The summed E-state index contributed by atoms with van der Waals surface area (Å²) in [5, 5.41) is 1.88. The minimum atomic E-state index is -0.541. The number of nitrogens with two attached hydrogens (primary N) is 1. The van der Waals surface area contributed by atoms with Crippen LogP contribution in [0.15, 0.2) is 12.1 Å². The second-order valence-electron chi connectivity index (χ2n) is 5.12. The van der Waals surface area contributed by atoms with Gasteiger partial charge in [-0.05, 0) is 24.1 Å². The molecule has 2 N–H and O–H groups in total. The molecule has 2 aliphatic rings. The van der Waals surface area contributed by atoms with Gasteiger partial charge in [0.05, 0.1) is 6.54 Å². The number of halogens is 1. The van der Waals surface area contributed by atoms with Crippen LogP contribution in [0.2, 0.25) is 0 Å². The molecule has 0 aliphatic carbocycles. The number of benzene rings is 1. The van der Waals surface area contributed by atoms with Gasteiger partial charge in [-0.1, -0.05) is 0 Å². The fourth-order valence-corrected chi connectivity index (χ4v) is 2.70. The zero-order valence-electron chi connectivity index (χ0n) is 11.3. The molecule has 0 aromatic heterocycles. The molecule has 3 amide bonds. The van der Waals surface area contributed by atoms with E-state index in [1.165, 1.54) is 12.1 Å². The lowest BCUT2D eigenvalue weighted by Crippen LogP contribution is -2.52. The molecule has 7 heteroatoms. The van der Waals surface area contributed by atoms with E-state index in [4.69, 9.17) is 5.73 Å². The van der Waals surface area contributed by atoms with Gasteiger partial charge in [-0.15, -0.1) is 0 Å². The minimum Gasteiger partial charge on any atom is -0.326 e. The van der Waals surface area contributed by atoms with Crippen LogP contribution in [0.4, 0.5) is 4.39 Å². The maximum absolute atomic E-state index is 14.0. The average molecular weight is 291 g/mol. The quantitative estimate of drug-likeness (QED) is 0.813. The number of hydrogen-bond acceptors (Lipinski definition) is 4. The van der Waals surface area contributed by atoms with Crippen molar-refractivity contribution in [1.29, 1.82) is 0 Å². The molecule has 21 heavy (non-hydrogen) atoms. The molecular weight excluding hydrogens is 277 g/mol. The highest BCUT2D eigenvalue weighted by Crippen LogP contribution is 2.29. The van der Waals surface area contributed by atoms with E-state index in [-0.39, 0.29) is 37.1 Å². The van der Waals surface area contributed by atoms with E-state index in [2.05, 4.69) is 0 Å². The molecule has 0 radical (unpaired) electrons. The summed E-state index contributed by atoms with van der Waals surface area (Å²) in [5.41, 5.74) is 6.33. The molecule has 3 rings (SSSR count). The number of rotatable bonds is 2. The second kappa shape index (κ2) is 4.92. The van der Waals surface area contributed by atoms with Crippen LogP contribution in [0.25, 0.3) is 0 Å². The van der Waals surface area contributed by atoms with Crippen LogP contribution in [0, 0.1) is 5.82 Å². The number of carbonyl (C=O) groups is 3. The lowest BCUT2D eigenvalue weighted by atomic mass is 10.1. The van der Waals surface area contributed by atoms with E-state index in [1.54, 1.807) is 0 Å². The van der Waals surface area contributed by atoms with Crippen LogP contribution in [0.3, 0.4) is 0 Å². The third-order valence-electron chi connectivity index (χ3n) is 3.76. The molecule has 0 atom stereocenters. The monoisotopic (exact) mass is 291 g/mol. The van der Waals surface area contributed by atoms with Gasteiger partial charge >= 0.3 is 0 Å². The molecule has 0 bridgehead atoms. The highest BCUT2D eigenvalue weighted by Gasteiger charge is 2.40. The number of hydrazine groups is 1. The van der Waals surface area contributed by atoms with Gasteiger partial charge in [0.25, 0.3) is 5.91 Å². The normalized spacial score (nSPS) is 18.5. The first-order valence-corrected chi connectivity index (χ1v) is 6.72. The van der Waals surface area contributed by atoms with Crippen LogP contribution in [-0.4, -0.2) is 27.7 Å². The van der Waals surface area contributed by atoms with Gasteiger partial charge in [0.2, 0.25) is 11.8 Å². The van der Waals surface area contributed by atoms with E-state index >= 15 is 0 Å². The van der Waals surface area contributed by atoms with Gasteiger partial charge in [-0.2, -0.15) is 5.01 Å². The molecule has 110 valence electrons. The van der Waals surface area contributed by atoms with E-state index in [0.29, 0.717) is 12.0 Å². The number of imide groups is 1. The van der Waals surface area contributed by atoms with Crippen LogP contribution in [0.5, 0.6) is 0 Å². The van der Waals surface area contributed by atoms with E-state index in [0.717, 1.165) is 10.0 Å². The summed E-state index contributed by atoms with van der Waals surface area (Å²) in [5.74, 6) is -1.93. The summed E-state index contributed by atoms with van der Waals surface area (Å²) in [4.78, 5) is 36.2. The Morgan fingerprint density at radius 3 is 2.43 bits per heavy atom. The number of fused-ring (bicyclic) bond motifs is 1. The standard InChI is InChI=1S/C14H14FN3O3/c15-11-5-8(6-16)4-9-10(11)7-17(14(9)21)18-12(19)2-1-3-13(18)20/h4-5H,1-3,6-7,16H2. The van der Waals surface area contributed by atoms with Crippen LogP contribution in [-0.2, 0) is 22.7 Å². The van der Waals surface area contributed by atoms with Crippen LogP contribution >= 0.6 is 0 Å². The number of amides is 3. The predicted octanol–water partition coefficient (Wildman–Crippen LogP) is 0.694. The Bertz CT molecular complexity index is 643. The maximum atomic E-state index is 14.0. The highest BCUT2D eigenvalue weighted by atomic mass is 19.1. The Kier molecular flexibility index (Phi) is 3.21. The third-order valence-corrected chi connectivity index (χ3v) is 3.76. The number of carbonyl (C=O) groups excluding carboxylic acids is 3. The second-order valence-corrected chi connectivity index (χ2v) is 5.12. The van der Waals surface area contributed by atoms with Crippen molar-refractivity contribution in [2.75, 3.05) is 0 Å². The molecule has 6 nitrogen and oxygen atoms in total. The van der Waals surface area contributed by atoms with Crippen LogP contribution < -0.4 is 5.73 Å². The Balaban J connectivity index is 1.98. The smallest absolute Gasteiger partial charge is 0.273 e. The zero-order chi connectivity index (χ0) is 15.1. The van der Waals surface area contributed by atoms with Crippen LogP contribution in [0.1, 0.15) is 40.7 Å². The minimum absolute atomic E-state index is 0.109. The first-order valence-electron chi connectivity index (χ1n) is 6.72. The summed E-state index contributed by atoms with van der Waals surface area (Å²) in [6.07, 6.45) is 0.902. The summed E-state index contributed by atoms with van der Waals surface area (Å²) in [7, 11) is 0. The van der Waals surface area contributed by atoms with Gasteiger partial charge < -0.3 is 5.73 Å². The topological polar surface area (TPSA) is 83.7 Å². The molecule has 2 aliphatic heterocycles. The van der Waals surface area contributed by atoms with E-state index in [9.17, 15) is 18.8 Å². The number of hydrogen-bond donors (Lipinski definition) is 1. The SMILES string of the molecule is NCc1cc(F)c2c(c1)C(=O)N(N1C(=O)CCCC1=O)C2. The van der Waals surface area contributed by atoms with E-state index < -0.39 is 23.5 Å². The molecule has 1 fully saturated rings. The fourth-order valence-electron chi connectivity index (χ4n) is 2.70. The Labute approximate surface area is 120 Å². The van der Waals surface area contributed by atoms with Gasteiger partial charge in [-0.3, -0.25) is 14.4 Å². The van der Waals surface area contributed by atoms with Gasteiger partial charge in [0.15, 0.2) is 0 Å². The predicted molar refractivity (Wildman–Crippen MR) is 69.9 cm³/mol. The molecule has 1 aromatic rings. The van der Waals surface area contributed by atoms with Crippen molar-refractivity contribution < 1.29 is 18.8 Å². The van der Waals surface area contributed by atoms with Crippen molar-refractivity contribution in [3.05, 3.63) is 34.6 Å². The molecule has 1 aromatic carbocycles. The summed E-state index contributed by atoms with van der Waals surface area (Å²) >= 11 is 0. The largest absolute Gasteiger partial charge is 0.326 e. The molecule has 0 spiro atoms. The van der Waals surface area contributed by atoms with Crippen molar-refractivity contribution in [1.82, 2.24) is 10.0 Å². The van der Waals surface area contributed by atoms with Gasteiger partial charge in [0.1, 0.15) is 5.82 Å². The fraction of sp³-hybridized carbons (Fsp3) is 0.357. The maximum Gasteiger partial charge on any atom is 0.273 e. The van der Waals surface area contributed by atoms with E-state index in [1.807, 2.05) is 0 Å². The number of piperidine rings is 1. The molecule has 0 saturated carbocycles. The number of nitrogens with zero attached hydrogens (tertiary/aromatic N) is 2. The van der Waals surface area contributed by atoms with Crippen molar-refractivity contribution in [3.8, 4) is 0 Å². The third kappa shape index (κ3) is 2.09. The Morgan fingerprint density at radius 1 is 1.14 bits per heavy atom. The lowest BCUT2D eigenvalue weighted by Gasteiger charge is -2.32. The molecule has 2 heterocycles. The van der Waals surface area contributed by atoms with Gasteiger partial charge in [-0.25, -0.2) is 9.40 Å². The molecule has 1 saturated heterocycles. The lowest BCUT2D eigenvalue weighted by molar-refractivity contribution is -0.163. The zero-order valence-corrected chi connectivity index (χ0v) is 11.3. The Hall–Kier alpha value is -2.28. The van der Waals surface area contributed by atoms with Crippen molar-refractivity contribution in [3.63, 3.8) is 0 Å². The molecule has 0 unspecified atom stereocenters. The summed E-state index contributed by atoms with van der Waals surface area (Å²) < 4.78 is 14.0. The first kappa shape index (κ1) is 13.7. The van der Waals surface area contributed by atoms with Crippen molar-refractivity contribution in [2.24, 2.45) is 5.73 Å². The summed E-state index contributed by atoms with van der Waals surface area (Å²) in [6.45, 7) is 0.00138. The highest BCUT2D eigenvalue weighted by molar-refractivity contribution is 6.04. The van der Waals surface area contributed by atoms with Gasteiger partial charge in [0, 0.05) is 30.5 Å². The van der Waals surface area contributed by atoms with Crippen molar-refractivity contribution in [2.45, 2.75) is 32.4 Å². The Morgan fingerprint density at radius 2 is 1.81 bits per heavy atom. The average Bonchev–Trinajstić information content (AvgIpc) is 2.77. The summed E-state index contributed by atoms with van der Waals surface area (Å²) in [6, 6.07) is 2.79. The first-order chi connectivity index (χ1) is 10.0.